The number of para-hydroxylation sites is 2. The smallest absolute Gasteiger partial charge is 0.216 e. The van der Waals surface area contributed by atoms with Gasteiger partial charge in [-0.2, -0.15) is 0 Å². The molecule has 7 rings (SSSR count). The summed E-state index contributed by atoms with van der Waals surface area (Å²) >= 11 is 0. The van der Waals surface area contributed by atoms with Crippen molar-refractivity contribution in [2.75, 3.05) is 31.5 Å². The number of nitrogens with one attached hydrogen (secondary N) is 1. The fraction of sp³-hybridized carbons (Fsp3) is 0.481. The zero-order valence-corrected chi connectivity index (χ0v) is 20.0. The van der Waals surface area contributed by atoms with Gasteiger partial charge in [-0.15, -0.1) is 0 Å². The average Bonchev–Trinajstić information content (AvgIpc) is 3.06. The number of guanidine groups is 1. The highest BCUT2D eigenvalue weighted by molar-refractivity contribution is 5.98. The number of anilines is 1. The van der Waals surface area contributed by atoms with Crippen LogP contribution in [0.2, 0.25) is 0 Å². The molecule has 3 aliphatic heterocycles. The molecule has 2 aromatic carbocycles. The van der Waals surface area contributed by atoms with Gasteiger partial charge in [-0.05, 0) is 42.7 Å². The molecule has 0 radical (unpaired) electrons. The molecule has 1 fully saturated rings. The summed E-state index contributed by atoms with van der Waals surface area (Å²) in [7, 11) is 0. The molecule has 0 spiro atoms. The summed E-state index contributed by atoms with van der Waals surface area (Å²) in [5, 5.41) is 3.74. The lowest BCUT2D eigenvalue weighted by Gasteiger charge is -2.43. The van der Waals surface area contributed by atoms with Crippen LogP contribution in [0.1, 0.15) is 56.7 Å². The van der Waals surface area contributed by atoms with Crippen molar-refractivity contribution in [3.05, 3.63) is 48.0 Å². The molecule has 8 heteroatoms. The van der Waals surface area contributed by atoms with Crippen molar-refractivity contribution in [1.82, 2.24) is 19.8 Å². The van der Waals surface area contributed by atoms with E-state index in [9.17, 15) is 0 Å². The average molecular weight is 473 g/mol. The minimum absolute atomic E-state index is 0.131. The molecule has 35 heavy (non-hydrogen) atoms. The van der Waals surface area contributed by atoms with Crippen molar-refractivity contribution < 1.29 is 9.47 Å². The summed E-state index contributed by atoms with van der Waals surface area (Å²) in [6.45, 7) is 2.91. The number of hydrogen-bond acceptors (Lipinski definition) is 7. The standard InChI is InChI=1S/C27H32N6O2/c1-2-4-9-20(8-3-1)31-17-28-26-30-25(19-12-13-23-24(16-19)35-15-7-14-34-23)33-22-11-6-5-10-21(22)29-27(33)32(26)18-31/h5-6,10-13,16,20,25H,1-4,7-9,14-15,17-18H2,(H,28,30). The van der Waals surface area contributed by atoms with Gasteiger partial charge in [-0.3, -0.25) is 14.4 Å². The van der Waals surface area contributed by atoms with E-state index in [4.69, 9.17) is 19.5 Å². The van der Waals surface area contributed by atoms with Gasteiger partial charge < -0.3 is 14.8 Å². The van der Waals surface area contributed by atoms with E-state index in [-0.39, 0.29) is 6.17 Å². The number of fused-ring (bicyclic) bond motifs is 6. The SMILES string of the molecule is c1ccc2c(c1)nc1n2C(c2ccc3c(c2)OCCCO3)NC2=NCN(C3CCCCCC3)CN21. The number of imidazole rings is 1. The Kier molecular flexibility index (Phi) is 5.26. The van der Waals surface area contributed by atoms with Gasteiger partial charge in [-0.1, -0.05) is 43.9 Å². The second-order valence-corrected chi connectivity index (χ2v) is 10.0. The van der Waals surface area contributed by atoms with E-state index in [1.54, 1.807) is 0 Å². The maximum Gasteiger partial charge on any atom is 0.216 e. The predicted octanol–water partition coefficient (Wildman–Crippen LogP) is 4.46. The first-order valence-corrected chi connectivity index (χ1v) is 13.0. The minimum atomic E-state index is -0.131. The third-order valence-electron chi connectivity index (χ3n) is 7.75. The van der Waals surface area contributed by atoms with Crippen LogP contribution in [0.15, 0.2) is 47.5 Å². The first kappa shape index (κ1) is 21.1. The Bertz CT molecular complexity index is 1260. The number of rotatable bonds is 2. The van der Waals surface area contributed by atoms with Crippen molar-refractivity contribution in [3.8, 4) is 11.5 Å². The monoisotopic (exact) mass is 472 g/mol. The minimum Gasteiger partial charge on any atom is -0.490 e. The number of aliphatic imine (C=N–C) groups is 1. The Morgan fingerprint density at radius 1 is 0.886 bits per heavy atom. The van der Waals surface area contributed by atoms with Crippen molar-refractivity contribution in [2.45, 2.75) is 57.2 Å². The van der Waals surface area contributed by atoms with Gasteiger partial charge in [0.15, 0.2) is 11.5 Å². The zero-order valence-electron chi connectivity index (χ0n) is 20.0. The van der Waals surface area contributed by atoms with E-state index in [0.29, 0.717) is 19.3 Å². The van der Waals surface area contributed by atoms with Gasteiger partial charge in [0.2, 0.25) is 11.9 Å². The molecular weight excluding hydrogens is 440 g/mol. The molecule has 1 N–H and O–H groups in total. The fourth-order valence-electron chi connectivity index (χ4n) is 5.92. The lowest BCUT2D eigenvalue weighted by atomic mass is 10.1. The second-order valence-electron chi connectivity index (χ2n) is 10.0. The van der Waals surface area contributed by atoms with Gasteiger partial charge in [-0.25, -0.2) is 9.98 Å². The Balaban J connectivity index is 1.29. The molecule has 3 aromatic rings. The number of ether oxygens (including phenoxy) is 2. The fourth-order valence-corrected chi connectivity index (χ4v) is 5.92. The molecule has 4 heterocycles. The number of benzene rings is 2. The molecular formula is C27H32N6O2. The summed E-state index contributed by atoms with van der Waals surface area (Å²) in [4.78, 5) is 14.9. The number of nitrogens with zero attached hydrogens (tertiary/aromatic N) is 5. The molecule has 1 unspecified atom stereocenters. The third-order valence-corrected chi connectivity index (χ3v) is 7.75. The molecule has 0 amide bonds. The first-order valence-electron chi connectivity index (χ1n) is 13.0. The number of hydrogen-bond donors (Lipinski definition) is 1. The largest absolute Gasteiger partial charge is 0.490 e. The van der Waals surface area contributed by atoms with E-state index in [0.717, 1.165) is 59.8 Å². The highest BCUT2D eigenvalue weighted by Gasteiger charge is 2.37. The van der Waals surface area contributed by atoms with E-state index in [1.807, 2.05) is 6.07 Å². The molecule has 1 saturated carbocycles. The summed E-state index contributed by atoms with van der Waals surface area (Å²) in [5.74, 6) is 3.46. The van der Waals surface area contributed by atoms with Gasteiger partial charge in [0, 0.05) is 12.5 Å². The Labute approximate surface area is 205 Å². The summed E-state index contributed by atoms with van der Waals surface area (Å²) in [6, 6.07) is 15.2. The van der Waals surface area contributed by atoms with Crippen LogP contribution in [0.3, 0.4) is 0 Å². The lowest BCUT2D eigenvalue weighted by Crippen LogP contribution is -2.59. The summed E-state index contributed by atoms with van der Waals surface area (Å²) < 4.78 is 14.2. The molecule has 1 atom stereocenters. The Hall–Kier alpha value is -3.26. The van der Waals surface area contributed by atoms with Gasteiger partial charge in [0.25, 0.3) is 0 Å². The highest BCUT2D eigenvalue weighted by Crippen LogP contribution is 2.38. The lowest BCUT2D eigenvalue weighted by molar-refractivity contribution is 0.179. The van der Waals surface area contributed by atoms with Crippen LogP contribution in [0.25, 0.3) is 11.0 Å². The van der Waals surface area contributed by atoms with E-state index in [2.05, 4.69) is 56.1 Å². The van der Waals surface area contributed by atoms with Crippen LogP contribution in [0, 0.1) is 0 Å². The topological polar surface area (TPSA) is 67.2 Å². The second kappa shape index (κ2) is 8.75. The molecule has 8 nitrogen and oxygen atoms in total. The van der Waals surface area contributed by atoms with Crippen LogP contribution in [0.4, 0.5) is 5.95 Å². The molecule has 1 aromatic heterocycles. The van der Waals surface area contributed by atoms with Crippen LogP contribution in [-0.2, 0) is 0 Å². The molecule has 0 saturated heterocycles. The van der Waals surface area contributed by atoms with E-state index < -0.39 is 0 Å². The predicted molar refractivity (Wildman–Crippen MR) is 136 cm³/mol. The van der Waals surface area contributed by atoms with Crippen LogP contribution >= 0.6 is 0 Å². The molecule has 182 valence electrons. The highest BCUT2D eigenvalue weighted by atomic mass is 16.5. The van der Waals surface area contributed by atoms with Gasteiger partial charge in [0.05, 0.1) is 37.6 Å². The van der Waals surface area contributed by atoms with Gasteiger partial charge in [0.1, 0.15) is 6.17 Å². The van der Waals surface area contributed by atoms with Crippen molar-refractivity contribution in [1.29, 1.82) is 0 Å². The van der Waals surface area contributed by atoms with Crippen LogP contribution in [-0.4, -0.2) is 53.0 Å². The Morgan fingerprint density at radius 3 is 2.60 bits per heavy atom. The van der Waals surface area contributed by atoms with Gasteiger partial charge >= 0.3 is 0 Å². The first-order chi connectivity index (χ1) is 17.3. The summed E-state index contributed by atoms with van der Waals surface area (Å²) in [6.07, 6.45) is 8.65. The maximum absolute atomic E-state index is 6.01. The third kappa shape index (κ3) is 3.71. The van der Waals surface area contributed by atoms with Crippen LogP contribution in [0.5, 0.6) is 11.5 Å². The number of aromatic nitrogens is 2. The molecule has 0 bridgehead atoms. The molecule has 1 aliphatic carbocycles. The van der Waals surface area contributed by atoms with Crippen molar-refractivity contribution in [2.24, 2.45) is 4.99 Å². The normalized spacial score (nSPS) is 23.0. The Morgan fingerprint density at radius 2 is 1.71 bits per heavy atom. The zero-order chi connectivity index (χ0) is 23.2. The van der Waals surface area contributed by atoms with Crippen LogP contribution < -0.4 is 19.7 Å². The molecule has 4 aliphatic rings. The maximum atomic E-state index is 6.01. The quantitative estimate of drug-likeness (QED) is 0.556. The van der Waals surface area contributed by atoms with Crippen molar-refractivity contribution in [3.63, 3.8) is 0 Å². The van der Waals surface area contributed by atoms with Crippen molar-refractivity contribution >= 4 is 22.9 Å². The van der Waals surface area contributed by atoms with E-state index >= 15 is 0 Å². The summed E-state index contributed by atoms with van der Waals surface area (Å²) in [5.41, 5.74) is 3.21. The van der Waals surface area contributed by atoms with E-state index in [1.165, 1.54) is 38.5 Å².